The number of esters is 4. The number of nitrogens with one attached hydrogen (secondary N) is 3. The molecule has 0 aliphatic carbocycles. The molecule has 0 saturated carbocycles. The molecule has 0 aliphatic heterocycles. The van der Waals surface area contributed by atoms with Crippen molar-refractivity contribution in [3.8, 4) is 11.5 Å². The third-order valence-electron chi connectivity index (χ3n) is 9.75. The lowest BCUT2D eigenvalue weighted by atomic mass is 10.1. The summed E-state index contributed by atoms with van der Waals surface area (Å²) < 4.78 is 43.3. The van der Waals surface area contributed by atoms with E-state index in [9.17, 15) is 28.8 Å². The number of amides is 2. The lowest BCUT2D eigenvalue weighted by Crippen LogP contribution is -2.41. The average Bonchev–Trinajstić information content (AvgIpc) is 3.36. The zero-order valence-electron chi connectivity index (χ0n) is 43.9. The van der Waals surface area contributed by atoms with E-state index < -0.39 is 60.7 Å². The van der Waals surface area contributed by atoms with Gasteiger partial charge >= 0.3 is 23.9 Å². The molecular weight excluding hydrogens is 979 g/mol. The van der Waals surface area contributed by atoms with Crippen LogP contribution < -0.4 is 31.2 Å². The fraction of sp³-hybridized carbons (Fsp3) is 0.423. The van der Waals surface area contributed by atoms with Crippen LogP contribution in [0.15, 0.2) is 97.1 Å². The van der Waals surface area contributed by atoms with E-state index in [2.05, 4.69) is 16.0 Å². The molecule has 2 amide bonds. The SMILES string of the molecule is CCC(N)C(=O)OCOC(=O)C(C)(C)Oc1ccc(CCNC(=O)c2ccc(Cl)cc2)cc1.CCC(NC)C(=O)OCOC(=O)C(C)(C)Oc1ccc(CCNC(=O)c2ccc(Cl)cc2)cc1.Cl.[2H]CC.[3H]C. The highest BCUT2D eigenvalue weighted by atomic mass is 35.5. The van der Waals surface area contributed by atoms with E-state index >= 15 is 0 Å². The molecule has 0 spiro atoms. The minimum Gasteiger partial charge on any atom is -0.476 e. The quantitative estimate of drug-likeness (QED) is 0.0403. The first-order valence-corrected chi connectivity index (χ1v) is 23.0. The third-order valence-corrected chi connectivity index (χ3v) is 10.3. The molecule has 2 atom stereocenters. The Morgan fingerprint density at radius 1 is 0.634 bits per heavy atom. The fourth-order valence-electron chi connectivity index (χ4n) is 5.66. The molecule has 0 aromatic heterocycles. The summed E-state index contributed by atoms with van der Waals surface area (Å²) in [4.78, 5) is 72.3. The van der Waals surface area contributed by atoms with Crippen LogP contribution in [0.1, 0.15) is 110 Å². The van der Waals surface area contributed by atoms with Crippen molar-refractivity contribution in [1.82, 2.24) is 16.0 Å². The highest BCUT2D eigenvalue weighted by Crippen LogP contribution is 2.22. The molecule has 4 rings (SSSR count). The molecule has 5 N–H and O–H groups in total. The Morgan fingerprint density at radius 2 is 0.986 bits per heavy atom. The summed E-state index contributed by atoms with van der Waals surface area (Å²) in [5.41, 5.74) is 6.03. The number of likely N-dealkylation sites (N-methyl/N-ethyl adjacent to an activating group) is 1. The van der Waals surface area contributed by atoms with Gasteiger partial charge in [-0.05, 0) is 144 Å². The Hall–Kier alpha value is -5.91. The van der Waals surface area contributed by atoms with Gasteiger partial charge in [-0.2, -0.15) is 0 Å². The van der Waals surface area contributed by atoms with E-state index in [0.717, 1.165) is 11.1 Å². The number of ether oxygens (including phenoxy) is 6. The maximum atomic E-state index is 12.4. The predicted molar refractivity (Wildman–Crippen MR) is 278 cm³/mol. The minimum absolute atomic E-state index is 0. The second-order valence-corrected chi connectivity index (χ2v) is 16.7. The number of rotatable bonds is 23. The van der Waals surface area contributed by atoms with Gasteiger partial charge in [0.05, 0.1) is 0 Å². The second kappa shape index (κ2) is 33.6. The van der Waals surface area contributed by atoms with E-state index in [1.54, 1.807) is 121 Å². The van der Waals surface area contributed by atoms with E-state index in [1.807, 2.05) is 31.2 Å². The molecule has 0 heterocycles. The smallest absolute Gasteiger partial charge is 0.352 e. The molecule has 0 saturated heterocycles. The first-order valence-electron chi connectivity index (χ1n) is 23.9. The first-order chi connectivity index (χ1) is 34.2. The number of carbonyl (C=O) groups is 6. The van der Waals surface area contributed by atoms with Gasteiger partial charge in [0.15, 0.2) is 11.2 Å². The van der Waals surface area contributed by atoms with Crippen molar-refractivity contribution in [3.63, 3.8) is 0 Å². The van der Waals surface area contributed by atoms with Gasteiger partial charge in [-0.25, -0.2) is 9.59 Å². The summed E-state index contributed by atoms with van der Waals surface area (Å²) in [5, 5.41) is 9.69. The maximum absolute atomic E-state index is 12.4. The van der Waals surface area contributed by atoms with Crippen LogP contribution in [0.5, 0.6) is 11.5 Å². The van der Waals surface area contributed by atoms with Gasteiger partial charge in [0.25, 0.3) is 11.8 Å². The zero-order chi connectivity index (χ0) is 54.3. The Balaban J connectivity index is 0.00000129. The number of carbonyl (C=O) groups excluding carboxylic acids is 6. The Morgan fingerprint density at radius 3 is 1.31 bits per heavy atom. The summed E-state index contributed by atoms with van der Waals surface area (Å²) in [7, 11) is 2.90. The highest BCUT2D eigenvalue weighted by Gasteiger charge is 2.33. The molecule has 71 heavy (non-hydrogen) atoms. The van der Waals surface area contributed by atoms with Crippen molar-refractivity contribution in [2.45, 2.75) is 112 Å². The molecule has 0 aliphatic rings. The van der Waals surface area contributed by atoms with Crippen molar-refractivity contribution >= 4 is 71.3 Å². The lowest BCUT2D eigenvalue weighted by Gasteiger charge is -2.24. The summed E-state index contributed by atoms with van der Waals surface area (Å²) in [6.45, 7) is 12.0. The molecule has 2 unspecified atom stereocenters. The number of benzene rings is 4. The van der Waals surface area contributed by atoms with Gasteiger partial charge in [0, 0.05) is 37.0 Å². The van der Waals surface area contributed by atoms with Crippen LogP contribution in [0, 0.1) is 0 Å². The van der Waals surface area contributed by atoms with Crippen LogP contribution in [0.25, 0.3) is 0 Å². The molecule has 0 radical (unpaired) electrons. The number of hydrogen-bond acceptors (Lipinski definition) is 14. The van der Waals surface area contributed by atoms with Gasteiger partial charge in [-0.1, -0.05) is 82.5 Å². The van der Waals surface area contributed by atoms with E-state index in [-0.39, 0.29) is 24.2 Å². The van der Waals surface area contributed by atoms with Crippen molar-refractivity contribution < 1.29 is 59.9 Å². The largest absolute Gasteiger partial charge is 0.476 e. The molecule has 392 valence electrons. The molecule has 0 bridgehead atoms. The van der Waals surface area contributed by atoms with Crippen molar-refractivity contribution in [2.24, 2.45) is 5.73 Å². The van der Waals surface area contributed by atoms with Gasteiger partial charge in [-0.15, -0.1) is 12.4 Å². The standard InChI is InChI=1S/C25H31ClN2O6.C24H29ClN2O6.C2H6.CH4.ClH/c1-5-21(27-4)23(30)32-16-33-24(31)25(2,3)34-20-12-6-17(7-13-20)14-15-28-22(29)18-8-10-19(26)11-9-18;1-4-20(26)22(29)31-15-32-23(30)24(2,3)33-19-11-5-16(6-12-19)13-14-27-21(28)17-7-9-18(25)10-8-17;1-2;;/h6-13,21,27H,5,14-16H2,1-4H3,(H,28,29);5-12,20H,4,13-15,26H2,1-3H3,(H,27,28);1-2H3;1H4;1H/i;;1D;1T;. The molecule has 4 aromatic carbocycles. The number of nitrogens with two attached hydrogens (primary N) is 1. The van der Waals surface area contributed by atoms with Crippen LogP contribution >= 0.6 is 35.6 Å². The minimum atomic E-state index is -1.30. The summed E-state index contributed by atoms with van der Waals surface area (Å²) in [6.07, 6.45) is 2.23. The lowest BCUT2D eigenvalue weighted by molar-refractivity contribution is -0.179. The Labute approximate surface area is 437 Å². The first kappa shape index (κ1) is 61.2. The van der Waals surface area contributed by atoms with Gasteiger partial charge in [0.2, 0.25) is 13.6 Å². The molecule has 19 heteroatoms. The zero-order valence-corrected chi connectivity index (χ0v) is 44.2. The normalized spacial score (nSPS) is 11.6. The summed E-state index contributed by atoms with van der Waals surface area (Å²) >= 11 is 11.7. The molecular formula is C52H71Cl3N4O12. The monoisotopic (exact) mass is 1050 g/mol. The number of hydrogen-bond donors (Lipinski definition) is 4. The van der Waals surface area contributed by atoms with Gasteiger partial charge < -0.3 is 50.1 Å². The van der Waals surface area contributed by atoms with Gasteiger partial charge in [-0.3, -0.25) is 19.2 Å². The van der Waals surface area contributed by atoms with Crippen molar-refractivity contribution in [3.05, 3.63) is 129 Å². The van der Waals surface area contributed by atoms with E-state index in [0.29, 0.717) is 78.3 Å². The second-order valence-electron chi connectivity index (χ2n) is 15.8. The van der Waals surface area contributed by atoms with Crippen molar-refractivity contribution in [1.29, 1.82) is 0 Å². The van der Waals surface area contributed by atoms with E-state index in [4.69, 9.17) is 60.1 Å². The highest BCUT2D eigenvalue weighted by molar-refractivity contribution is 6.31. The topological polar surface area (TPSA) is 220 Å². The molecule has 0 fully saturated rings. The Kier molecular flexibility index (Phi) is 29.0. The number of halogens is 3. The van der Waals surface area contributed by atoms with Crippen LogP contribution in [-0.2, 0) is 51.0 Å². The third kappa shape index (κ3) is 23.7. The average molecular weight is 1050 g/mol. The van der Waals surface area contributed by atoms with Crippen LogP contribution in [-0.4, -0.2) is 92.7 Å². The van der Waals surface area contributed by atoms with Crippen LogP contribution in [0.2, 0.25) is 10.0 Å². The molecule has 4 aromatic rings. The van der Waals surface area contributed by atoms with Crippen LogP contribution in [0.4, 0.5) is 0 Å². The molecule has 16 nitrogen and oxygen atoms in total. The van der Waals surface area contributed by atoms with E-state index in [1.165, 1.54) is 7.40 Å². The Bertz CT molecular complexity index is 2250. The van der Waals surface area contributed by atoms with Crippen molar-refractivity contribution in [2.75, 3.05) is 33.7 Å². The predicted octanol–water partition coefficient (Wildman–Crippen LogP) is 8.85. The summed E-state index contributed by atoms with van der Waals surface area (Å²) in [6, 6.07) is 26.5. The summed E-state index contributed by atoms with van der Waals surface area (Å²) in [5.74, 6) is -1.86. The fourth-order valence-corrected chi connectivity index (χ4v) is 5.91. The maximum Gasteiger partial charge on any atom is 0.352 e. The van der Waals surface area contributed by atoms with Crippen LogP contribution in [0.3, 0.4) is 0 Å². The van der Waals surface area contributed by atoms with Gasteiger partial charge in [0.1, 0.15) is 23.6 Å².